The number of rotatable bonds is 8. The second-order valence-corrected chi connectivity index (χ2v) is 16.0. The lowest BCUT2D eigenvalue weighted by Crippen LogP contribution is -2.49. The maximum atomic E-state index is 15.1. The fourth-order valence-corrected chi connectivity index (χ4v) is 10.6. The number of para-hydroxylation sites is 1. The summed E-state index contributed by atoms with van der Waals surface area (Å²) in [6.07, 6.45) is 1.81. The van der Waals surface area contributed by atoms with E-state index in [4.69, 9.17) is 21.4 Å². The molecule has 4 aliphatic rings. The molecule has 53 heavy (non-hydrogen) atoms. The molecule has 2 saturated heterocycles. The van der Waals surface area contributed by atoms with Crippen molar-refractivity contribution in [2.45, 2.75) is 46.0 Å². The summed E-state index contributed by atoms with van der Waals surface area (Å²) in [7, 11) is 1.68. The first-order valence-electron chi connectivity index (χ1n) is 17.6. The van der Waals surface area contributed by atoms with Gasteiger partial charge in [-0.1, -0.05) is 35.4 Å². The maximum absolute atomic E-state index is 15.1. The molecule has 8 rings (SSSR count). The number of carboxylic acid groups (broad SMARTS) is 1. The zero-order chi connectivity index (χ0) is 37.7. The van der Waals surface area contributed by atoms with E-state index < -0.39 is 64.6 Å². The number of allylic oxidation sites excluding steroid dienone is 2. The van der Waals surface area contributed by atoms with Crippen molar-refractivity contribution in [2.75, 3.05) is 18.1 Å². The lowest BCUT2D eigenvalue weighted by Gasteiger charge is -2.49. The smallest absolute Gasteiger partial charge is 0.305 e. The Balaban J connectivity index is 1.25. The second-order valence-electron chi connectivity index (χ2n) is 14.5. The van der Waals surface area contributed by atoms with Crippen LogP contribution in [-0.4, -0.2) is 67.6 Å². The van der Waals surface area contributed by atoms with Gasteiger partial charge in [-0.25, -0.2) is 4.90 Å². The van der Waals surface area contributed by atoms with Crippen LogP contribution < -0.4 is 9.64 Å². The number of nitrogens with zero attached hydrogens (tertiary/aromatic N) is 4. The van der Waals surface area contributed by atoms with Gasteiger partial charge in [0.2, 0.25) is 23.6 Å². The minimum absolute atomic E-state index is 0.111. The van der Waals surface area contributed by atoms with Gasteiger partial charge >= 0.3 is 5.97 Å². The van der Waals surface area contributed by atoms with Gasteiger partial charge in [0.25, 0.3) is 0 Å². The fourth-order valence-electron chi connectivity index (χ4n) is 9.33. The van der Waals surface area contributed by atoms with Gasteiger partial charge < -0.3 is 14.9 Å². The molecular weight excluding hydrogens is 720 g/mol. The molecule has 3 fully saturated rings. The number of aliphatic carboxylic acids is 1. The third kappa shape index (κ3) is 5.07. The highest BCUT2D eigenvalue weighted by molar-refractivity contribution is 7.22. The number of hydrogen-bond acceptors (Lipinski definition) is 9. The highest BCUT2D eigenvalue weighted by Gasteiger charge is 2.68. The van der Waals surface area contributed by atoms with Gasteiger partial charge in [-0.15, -0.1) is 11.3 Å². The number of fused-ring (bicyclic) bond motifs is 5. The van der Waals surface area contributed by atoms with Crippen LogP contribution in [0.25, 0.3) is 20.7 Å². The summed E-state index contributed by atoms with van der Waals surface area (Å²) in [5, 5.41) is 27.4. The van der Waals surface area contributed by atoms with Crippen LogP contribution in [0.15, 0.2) is 54.1 Å². The zero-order valence-electron chi connectivity index (χ0n) is 29.5. The summed E-state index contributed by atoms with van der Waals surface area (Å²) in [5.41, 5.74) is 1.24. The van der Waals surface area contributed by atoms with Crippen molar-refractivity contribution in [1.82, 2.24) is 14.7 Å². The van der Waals surface area contributed by atoms with Crippen molar-refractivity contribution < 1.29 is 38.9 Å². The summed E-state index contributed by atoms with van der Waals surface area (Å²) < 4.78 is 8.29. The van der Waals surface area contributed by atoms with Gasteiger partial charge in [0, 0.05) is 40.9 Å². The van der Waals surface area contributed by atoms with Crippen LogP contribution in [0.4, 0.5) is 5.82 Å². The third-order valence-electron chi connectivity index (χ3n) is 11.8. The number of amides is 4. The van der Waals surface area contributed by atoms with Gasteiger partial charge in [-0.2, -0.15) is 5.10 Å². The molecular formula is C39H37ClN4O8S. The molecule has 0 radical (unpaired) electrons. The SMILES string of the molecule is CCOc1cccc(C2C3=CCC4C(=O)N(CCC(=O)O)C(=O)C4C3CC3C(=O)N(c4cc(-c5sc6ccc(Cl)cc6c5C)nn4C)C(=O)C32C)c1O. The first-order valence-corrected chi connectivity index (χ1v) is 18.8. The Kier molecular flexibility index (Phi) is 8.30. The first-order chi connectivity index (χ1) is 25.3. The molecule has 6 unspecified atom stereocenters. The zero-order valence-corrected chi connectivity index (χ0v) is 31.0. The molecule has 274 valence electrons. The van der Waals surface area contributed by atoms with Gasteiger partial charge in [-0.05, 0) is 74.7 Å². The summed E-state index contributed by atoms with van der Waals surface area (Å²) in [6.45, 7) is 5.55. The van der Waals surface area contributed by atoms with Crippen LogP contribution in [0.2, 0.25) is 5.02 Å². The molecule has 12 nitrogen and oxygen atoms in total. The predicted molar refractivity (Wildman–Crippen MR) is 197 cm³/mol. The number of carbonyl (C=O) groups excluding carboxylic acids is 4. The number of phenols is 1. The van der Waals surface area contributed by atoms with Crippen LogP contribution in [0.5, 0.6) is 11.5 Å². The molecule has 0 bridgehead atoms. The molecule has 14 heteroatoms. The highest BCUT2D eigenvalue weighted by Crippen LogP contribution is 2.65. The second kappa shape index (κ2) is 12.6. The molecule has 4 amide bonds. The maximum Gasteiger partial charge on any atom is 0.305 e. The minimum atomic E-state index is -1.40. The van der Waals surface area contributed by atoms with E-state index in [0.717, 1.165) is 25.4 Å². The number of ether oxygens (including phenoxy) is 1. The average molecular weight is 757 g/mol. The number of aromatic nitrogens is 2. The van der Waals surface area contributed by atoms with Crippen LogP contribution in [0.3, 0.4) is 0 Å². The van der Waals surface area contributed by atoms with Gasteiger partial charge in [0.05, 0.1) is 41.1 Å². The van der Waals surface area contributed by atoms with Gasteiger partial charge in [-0.3, -0.25) is 33.6 Å². The van der Waals surface area contributed by atoms with Crippen molar-refractivity contribution in [3.63, 3.8) is 0 Å². The van der Waals surface area contributed by atoms with Gasteiger partial charge in [0.15, 0.2) is 11.5 Å². The monoisotopic (exact) mass is 756 g/mol. The molecule has 2 aromatic carbocycles. The number of halogens is 1. The Labute approximate surface area is 313 Å². The third-order valence-corrected chi connectivity index (χ3v) is 13.3. The minimum Gasteiger partial charge on any atom is -0.504 e. The molecule has 4 aromatic rings. The van der Waals surface area contributed by atoms with Crippen LogP contribution in [0.1, 0.15) is 50.2 Å². The lowest BCUT2D eigenvalue weighted by atomic mass is 9.51. The van der Waals surface area contributed by atoms with Crippen molar-refractivity contribution in [1.29, 1.82) is 0 Å². The molecule has 2 aliphatic carbocycles. The Bertz CT molecular complexity index is 2310. The number of carboxylic acids is 1. The summed E-state index contributed by atoms with van der Waals surface area (Å²) in [4.78, 5) is 71.9. The average Bonchev–Trinajstić information content (AvgIpc) is 3.79. The molecule has 2 N–H and O–H groups in total. The predicted octanol–water partition coefficient (Wildman–Crippen LogP) is 6.07. The van der Waals surface area contributed by atoms with Crippen LogP contribution in [-0.2, 0) is 31.0 Å². The molecule has 6 atom stereocenters. The molecule has 1 saturated carbocycles. The number of anilines is 1. The first kappa shape index (κ1) is 35.0. The summed E-state index contributed by atoms with van der Waals surface area (Å²) in [6, 6.07) is 12.5. The van der Waals surface area contributed by atoms with Crippen molar-refractivity contribution in [3.8, 4) is 22.1 Å². The topological polar surface area (TPSA) is 159 Å². The number of thiophene rings is 1. The highest BCUT2D eigenvalue weighted by atomic mass is 35.5. The largest absolute Gasteiger partial charge is 0.504 e. The van der Waals surface area contributed by atoms with Gasteiger partial charge in [0.1, 0.15) is 11.5 Å². The molecule has 4 heterocycles. The quantitative estimate of drug-likeness (QED) is 0.161. The van der Waals surface area contributed by atoms with Crippen molar-refractivity contribution >= 4 is 68.4 Å². The number of hydrogen-bond donors (Lipinski definition) is 2. The van der Waals surface area contributed by atoms with Crippen LogP contribution in [0, 0.1) is 36.0 Å². The van der Waals surface area contributed by atoms with E-state index in [-0.39, 0.29) is 49.7 Å². The molecule has 2 aromatic heterocycles. The molecule has 0 spiro atoms. The van der Waals surface area contributed by atoms with Crippen molar-refractivity contribution in [3.05, 3.63) is 70.3 Å². The van der Waals surface area contributed by atoms with Crippen molar-refractivity contribution in [2.24, 2.45) is 36.1 Å². The summed E-state index contributed by atoms with van der Waals surface area (Å²) in [5.74, 6) is -6.59. The Hall–Kier alpha value is -5.01. The van der Waals surface area contributed by atoms with E-state index in [9.17, 15) is 29.4 Å². The number of aryl methyl sites for hydroxylation is 2. The number of benzene rings is 2. The van der Waals surface area contributed by atoms with E-state index in [1.54, 1.807) is 45.2 Å². The van der Waals surface area contributed by atoms with E-state index >= 15 is 4.79 Å². The number of phenolic OH excluding ortho intramolecular Hbond substituents is 1. The summed E-state index contributed by atoms with van der Waals surface area (Å²) >= 11 is 7.83. The Morgan fingerprint density at radius 1 is 1.09 bits per heavy atom. The standard InChI is InChI=1S/C39H37ClN4O8S/c1-5-52-27-8-6-7-22(33(27)47)32-20-10-11-21-31(37(50)43(35(21)48)14-13-30(45)46)24(20)16-25-36(49)44(38(51)39(25,32)3)29-17-26(41-42(29)4)34-18(2)23-15-19(40)9-12-28(23)53-34/h6-10,12,15,17,21,24-25,31-32,47H,5,11,13-14,16H2,1-4H3,(H,45,46). The number of carbonyl (C=O) groups is 5. The fraction of sp³-hybridized carbons (Fsp3) is 0.385. The van der Waals surface area contributed by atoms with E-state index in [2.05, 4.69) is 0 Å². The molecule has 2 aliphatic heterocycles. The lowest BCUT2D eigenvalue weighted by molar-refractivity contribution is -0.142. The Morgan fingerprint density at radius 2 is 1.87 bits per heavy atom. The normalized spacial score (nSPS) is 26.6. The van der Waals surface area contributed by atoms with E-state index in [1.807, 2.05) is 31.2 Å². The number of aromatic hydroxyl groups is 1. The number of likely N-dealkylation sites (tertiary alicyclic amines) is 1. The van der Waals surface area contributed by atoms with E-state index in [1.165, 1.54) is 20.9 Å². The van der Waals surface area contributed by atoms with Crippen LogP contribution >= 0.6 is 22.9 Å². The Morgan fingerprint density at radius 3 is 2.60 bits per heavy atom. The van der Waals surface area contributed by atoms with E-state index in [0.29, 0.717) is 21.9 Å². The number of imide groups is 2.